The fourth-order valence-corrected chi connectivity index (χ4v) is 3.45. The van der Waals surface area contributed by atoms with Crippen molar-refractivity contribution < 1.29 is 4.74 Å². The second-order valence-corrected chi connectivity index (χ2v) is 6.14. The molecule has 3 nitrogen and oxygen atoms in total. The number of benzene rings is 2. The Bertz CT molecular complexity index is 792. The largest absolute Gasteiger partial charge is 0.378 e. The molecule has 1 fully saturated rings. The van der Waals surface area contributed by atoms with Crippen LogP contribution in [-0.4, -0.2) is 17.7 Å². The maximum atomic E-state index is 6.48. The Morgan fingerprint density at radius 3 is 2.76 bits per heavy atom. The second-order valence-electron chi connectivity index (χ2n) is 6.14. The Balaban J connectivity index is 1.77. The maximum absolute atomic E-state index is 6.48. The van der Waals surface area contributed by atoms with Gasteiger partial charge in [0.15, 0.2) is 0 Å². The minimum absolute atomic E-state index is 0.0491. The fraction of sp³-hybridized carbons (Fsp3) is 0.333. The van der Waals surface area contributed by atoms with Crippen LogP contribution in [0.3, 0.4) is 0 Å². The Labute approximate surface area is 124 Å². The van der Waals surface area contributed by atoms with Crippen LogP contribution in [0.1, 0.15) is 24.9 Å². The average molecular weight is 280 g/mol. The van der Waals surface area contributed by atoms with Crippen LogP contribution in [0, 0.1) is 5.92 Å². The molecule has 0 spiro atoms. The number of ether oxygens (including phenoxy) is 1. The summed E-state index contributed by atoms with van der Waals surface area (Å²) in [7, 11) is 0. The molecule has 0 bridgehead atoms. The SMILES string of the molecule is CC1CC(C(N)c2ccc3[nH]c4ccccc4c3c2)CO1. The van der Waals surface area contributed by atoms with E-state index in [4.69, 9.17) is 10.5 Å². The summed E-state index contributed by atoms with van der Waals surface area (Å²) in [5.41, 5.74) is 10.0. The number of nitrogens with two attached hydrogens (primary N) is 1. The number of aromatic amines is 1. The van der Waals surface area contributed by atoms with Crippen molar-refractivity contribution in [1.82, 2.24) is 4.98 Å². The van der Waals surface area contributed by atoms with E-state index in [2.05, 4.69) is 54.4 Å². The molecule has 1 saturated heterocycles. The third-order valence-corrected chi connectivity index (χ3v) is 4.65. The predicted molar refractivity (Wildman–Crippen MR) is 86.3 cm³/mol. The van der Waals surface area contributed by atoms with Crippen molar-refractivity contribution in [1.29, 1.82) is 0 Å². The van der Waals surface area contributed by atoms with Crippen molar-refractivity contribution in [3.63, 3.8) is 0 Å². The number of rotatable bonds is 2. The first-order valence-corrected chi connectivity index (χ1v) is 7.60. The number of aromatic nitrogens is 1. The van der Waals surface area contributed by atoms with Crippen LogP contribution >= 0.6 is 0 Å². The molecule has 3 N–H and O–H groups in total. The van der Waals surface area contributed by atoms with Crippen molar-refractivity contribution >= 4 is 21.8 Å². The van der Waals surface area contributed by atoms with Gasteiger partial charge >= 0.3 is 0 Å². The third-order valence-electron chi connectivity index (χ3n) is 4.65. The summed E-state index contributed by atoms with van der Waals surface area (Å²) in [6, 6.07) is 15.0. The zero-order chi connectivity index (χ0) is 14.4. The normalized spacial score (nSPS) is 23.9. The molecule has 3 atom stereocenters. The molecule has 3 heteroatoms. The molecule has 1 aliphatic rings. The lowest BCUT2D eigenvalue weighted by Crippen LogP contribution is -2.21. The zero-order valence-electron chi connectivity index (χ0n) is 12.2. The lowest BCUT2D eigenvalue weighted by Gasteiger charge is -2.18. The van der Waals surface area contributed by atoms with Gasteiger partial charge in [-0.15, -0.1) is 0 Å². The first kappa shape index (κ1) is 12.9. The molecular weight excluding hydrogens is 260 g/mol. The minimum atomic E-state index is 0.0491. The van der Waals surface area contributed by atoms with Crippen molar-refractivity contribution in [2.75, 3.05) is 6.61 Å². The molecular formula is C18H20N2O. The van der Waals surface area contributed by atoms with Crippen LogP contribution in [0.2, 0.25) is 0 Å². The van der Waals surface area contributed by atoms with Gasteiger partial charge in [-0.25, -0.2) is 0 Å². The van der Waals surface area contributed by atoms with Gasteiger partial charge in [0.25, 0.3) is 0 Å². The zero-order valence-corrected chi connectivity index (χ0v) is 12.2. The third kappa shape index (κ3) is 2.13. The Hall–Kier alpha value is -1.84. The van der Waals surface area contributed by atoms with Gasteiger partial charge in [-0.05, 0) is 37.1 Å². The molecule has 108 valence electrons. The number of hydrogen-bond acceptors (Lipinski definition) is 2. The van der Waals surface area contributed by atoms with E-state index < -0.39 is 0 Å². The van der Waals surface area contributed by atoms with Gasteiger partial charge in [-0.2, -0.15) is 0 Å². The summed E-state index contributed by atoms with van der Waals surface area (Å²) in [4.78, 5) is 3.46. The smallest absolute Gasteiger partial charge is 0.0551 e. The van der Waals surface area contributed by atoms with Gasteiger partial charge in [-0.1, -0.05) is 24.3 Å². The Morgan fingerprint density at radius 2 is 1.95 bits per heavy atom. The van der Waals surface area contributed by atoms with E-state index in [9.17, 15) is 0 Å². The van der Waals surface area contributed by atoms with Gasteiger partial charge < -0.3 is 15.5 Å². The molecule has 1 aliphatic heterocycles. The van der Waals surface area contributed by atoms with Crippen LogP contribution < -0.4 is 5.73 Å². The first-order chi connectivity index (χ1) is 10.2. The van der Waals surface area contributed by atoms with E-state index >= 15 is 0 Å². The summed E-state index contributed by atoms with van der Waals surface area (Å²) in [6.45, 7) is 2.89. The van der Waals surface area contributed by atoms with Gasteiger partial charge in [0.05, 0.1) is 12.7 Å². The number of para-hydroxylation sites is 1. The molecule has 0 amide bonds. The van der Waals surface area contributed by atoms with E-state index in [0.29, 0.717) is 12.0 Å². The van der Waals surface area contributed by atoms with Crippen molar-refractivity contribution in [2.24, 2.45) is 11.7 Å². The summed E-state index contributed by atoms with van der Waals surface area (Å²) in [6.07, 6.45) is 1.38. The molecule has 0 radical (unpaired) electrons. The van der Waals surface area contributed by atoms with Crippen LogP contribution in [0.5, 0.6) is 0 Å². The highest BCUT2D eigenvalue weighted by atomic mass is 16.5. The average Bonchev–Trinajstić information content (AvgIpc) is 3.09. The van der Waals surface area contributed by atoms with Crippen LogP contribution in [0.4, 0.5) is 0 Å². The van der Waals surface area contributed by atoms with Gasteiger partial charge in [0, 0.05) is 33.8 Å². The molecule has 2 aromatic carbocycles. The number of H-pyrrole nitrogens is 1. The van der Waals surface area contributed by atoms with Crippen LogP contribution in [0.25, 0.3) is 21.8 Å². The highest BCUT2D eigenvalue weighted by Crippen LogP contribution is 2.33. The number of hydrogen-bond donors (Lipinski definition) is 2. The molecule has 3 aromatic rings. The molecule has 0 saturated carbocycles. The van der Waals surface area contributed by atoms with E-state index in [1.807, 2.05) is 0 Å². The van der Waals surface area contributed by atoms with Gasteiger partial charge in [-0.3, -0.25) is 0 Å². The highest BCUT2D eigenvalue weighted by Gasteiger charge is 2.28. The van der Waals surface area contributed by atoms with E-state index in [-0.39, 0.29) is 6.04 Å². The molecule has 4 rings (SSSR count). The summed E-state index contributed by atoms with van der Waals surface area (Å²) >= 11 is 0. The van der Waals surface area contributed by atoms with Crippen molar-refractivity contribution in [3.05, 3.63) is 48.0 Å². The first-order valence-electron chi connectivity index (χ1n) is 7.60. The lowest BCUT2D eigenvalue weighted by atomic mass is 9.91. The number of fused-ring (bicyclic) bond motifs is 3. The van der Waals surface area contributed by atoms with Crippen molar-refractivity contribution in [2.45, 2.75) is 25.5 Å². The van der Waals surface area contributed by atoms with E-state index in [0.717, 1.165) is 13.0 Å². The maximum Gasteiger partial charge on any atom is 0.0551 e. The topological polar surface area (TPSA) is 51.0 Å². The Morgan fingerprint density at radius 1 is 1.14 bits per heavy atom. The van der Waals surface area contributed by atoms with E-state index in [1.165, 1.54) is 27.4 Å². The number of nitrogens with one attached hydrogen (secondary N) is 1. The van der Waals surface area contributed by atoms with Gasteiger partial charge in [0.2, 0.25) is 0 Å². The standard InChI is InChI=1S/C18H20N2O/c1-11-8-13(10-21-11)18(19)12-6-7-17-15(9-12)14-4-2-3-5-16(14)20-17/h2-7,9,11,13,18,20H,8,10,19H2,1H3. The van der Waals surface area contributed by atoms with Gasteiger partial charge in [0.1, 0.15) is 0 Å². The fourth-order valence-electron chi connectivity index (χ4n) is 3.45. The highest BCUT2D eigenvalue weighted by molar-refractivity contribution is 6.07. The monoisotopic (exact) mass is 280 g/mol. The lowest BCUT2D eigenvalue weighted by molar-refractivity contribution is 0.118. The molecule has 2 heterocycles. The van der Waals surface area contributed by atoms with Crippen molar-refractivity contribution in [3.8, 4) is 0 Å². The molecule has 1 aromatic heterocycles. The molecule has 21 heavy (non-hydrogen) atoms. The predicted octanol–water partition coefficient (Wildman–Crippen LogP) is 3.75. The molecule has 3 unspecified atom stereocenters. The van der Waals surface area contributed by atoms with Crippen LogP contribution in [0.15, 0.2) is 42.5 Å². The quantitative estimate of drug-likeness (QED) is 0.751. The van der Waals surface area contributed by atoms with E-state index in [1.54, 1.807) is 0 Å². The molecule has 0 aliphatic carbocycles. The Kier molecular flexibility index (Phi) is 2.98. The summed E-state index contributed by atoms with van der Waals surface area (Å²) in [5, 5.41) is 2.52. The minimum Gasteiger partial charge on any atom is -0.378 e. The summed E-state index contributed by atoms with van der Waals surface area (Å²) < 4.78 is 5.66. The van der Waals surface area contributed by atoms with Crippen LogP contribution in [-0.2, 0) is 4.74 Å². The second kappa shape index (κ2) is 4.86. The summed E-state index contributed by atoms with van der Waals surface area (Å²) in [5.74, 6) is 0.419.